The van der Waals surface area contributed by atoms with Crippen LogP contribution in [0.15, 0.2) is 29.2 Å². The van der Waals surface area contributed by atoms with Gasteiger partial charge in [0.2, 0.25) is 0 Å². The molecule has 0 amide bonds. The molecule has 1 aromatic rings. The number of methoxy groups -OCH3 is 1. The highest BCUT2D eigenvalue weighted by atomic mass is 32.2. The summed E-state index contributed by atoms with van der Waals surface area (Å²) < 4.78 is 32.3. The molecule has 0 spiro atoms. The predicted octanol–water partition coefficient (Wildman–Crippen LogP) is 1.26. The summed E-state index contributed by atoms with van der Waals surface area (Å²) >= 11 is 0. The maximum atomic E-state index is 11.6. The highest BCUT2D eigenvalue weighted by Gasteiger charge is 2.15. The quantitative estimate of drug-likeness (QED) is 0.587. The van der Waals surface area contributed by atoms with Crippen LogP contribution in [0.4, 0.5) is 0 Å². The van der Waals surface area contributed by atoms with Crippen LogP contribution in [0.2, 0.25) is 0 Å². The van der Waals surface area contributed by atoms with E-state index in [0.717, 1.165) is 5.56 Å². The Morgan fingerprint density at radius 2 is 1.82 bits per heavy atom. The van der Waals surface area contributed by atoms with Crippen LogP contribution in [-0.4, -0.2) is 28.1 Å². The summed E-state index contributed by atoms with van der Waals surface area (Å²) in [6, 6.07) is 6.28. The molecule has 0 fully saturated rings. The lowest BCUT2D eigenvalue weighted by molar-refractivity contribution is -0.141. The molecule has 1 aromatic carbocycles. The fourth-order valence-electron chi connectivity index (χ4n) is 1.11. The zero-order chi connectivity index (χ0) is 12.9. The second-order valence-corrected chi connectivity index (χ2v) is 5.03. The predicted molar refractivity (Wildman–Crippen MR) is 60.9 cm³/mol. The molecule has 0 saturated carbocycles. The van der Waals surface area contributed by atoms with E-state index in [2.05, 4.69) is 4.74 Å². The summed E-state index contributed by atoms with van der Waals surface area (Å²) in [5, 5.41) is 0. The number of aryl methyl sites for hydroxylation is 1. The van der Waals surface area contributed by atoms with Crippen LogP contribution in [-0.2, 0) is 23.8 Å². The van der Waals surface area contributed by atoms with Crippen LogP contribution in [0.25, 0.3) is 0 Å². The Bertz CT molecular complexity index is 475. The van der Waals surface area contributed by atoms with Crippen LogP contribution in [0.1, 0.15) is 12.0 Å². The first-order chi connectivity index (χ1) is 7.95. The van der Waals surface area contributed by atoms with Crippen LogP contribution in [0.5, 0.6) is 0 Å². The summed E-state index contributed by atoms with van der Waals surface area (Å²) in [6.07, 6.45) is -0.0956. The molecule has 0 aliphatic carbocycles. The van der Waals surface area contributed by atoms with Gasteiger partial charge in [-0.3, -0.25) is 8.98 Å². The molecule has 0 aliphatic rings. The molecule has 17 heavy (non-hydrogen) atoms. The average Bonchev–Trinajstić information content (AvgIpc) is 2.29. The Kier molecular flexibility index (Phi) is 4.65. The normalized spacial score (nSPS) is 11.2. The van der Waals surface area contributed by atoms with Crippen molar-refractivity contribution in [2.75, 3.05) is 13.7 Å². The monoisotopic (exact) mass is 258 g/mol. The number of rotatable bonds is 5. The van der Waals surface area contributed by atoms with Crippen molar-refractivity contribution in [2.24, 2.45) is 0 Å². The lowest BCUT2D eigenvalue weighted by atomic mass is 10.2. The zero-order valence-electron chi connectivity index (χ0n) is 9.67. The zero-order valence-corrected chi connectivity index (χ0v) is 10.5. The van der Waals surface area contributed by atoms with Crippen molar-refractivity contribution in [2.45, 2.75) is 18.2 Å². The van der Waals surface area contributed by atoms with Gasteiger partial charge in [-0.1, -0.05) is 17.7 Å². The molecule has 0 atom stereocenters. The third kappa shape index (κ3) is 4.16. The second kappa shape index (κ2) is 5.79. The fraction of sp³-hybridized carbons (Fsp3) is 0.364. The minimum Gasteiger partial charge on any atom is -0.469 e. The smallest absolute Gasteiger partial charge is 0.307 e. The number of benzene rings is 1. The molecule has 94 valence electrons. The lowest BCUT2D eigenvalue weighted by Crippen LogP contribution is -2.11. The highest BCUT2D eigenvalue weighted by molar-refractivity contribution is 7.86. The topological polar surface area (TPSA) is 69.7 Å². The standard InChI is InChI=1S/C11H14O5S/c1-9-3-5-10(6-4-9)17(13,14)16-8-7-11(12)15-2/h3-6H,7-8H2,1-2H3. The van der Waals surface area contributed by atoms with Gasteiger partial charge >= 0.3 is 5.97 Å². The van der Waals surface area contributed by atoms with Crippen LogP contribution in [0.3, 0.4) is 0 Å². The van der Waals surface area contributed by atoms with Gasteiger partial charge in [-0.15, -0.1) is 0 Å². The first-order valence-corrected chi connectivity index (χ1v) is 6.39. The molecule has 0 saturated heterocycles. The summed E-state index contributed by atoms with van der Waals surface area (Å²) in [5.74, 6) is -0.510. The van der Waals surface area contributed by atoms with E-state index >= 15 is 0 Å². The highest BCUT2D eigenvalue weighted by Crippen LogP contribution is 2.13. The minimum atomic E-state index is -3.79. The Morgan fingerprint density at radius 3 is 2.35 bits per heavy atom. The third-order valence-electron chi connectivity index (χ3n) is 2.08. The molecule has 0 heterocycles. The minimum absolute atomic E-state index is 0.0768. The van der Waals surface area contributed by atoms with Crippen LogP contribution < -0.4 is 0 Å². The van der Waals surface area contributed by atoms with Gasteiger partial charge in [-0.05, 0) is 19.1 Å². The SMILES string of the molecule is COC(=O)CCOS(=O)(=O)c1ccc(C)cc1. The summed E-state index contributed by atoms with van der Waals surface area (Å²) in [5.41, 5.74) is 0.957. The first-order valence-electron chi connectivity index (χ1n) is 4.98. The van der Waals surface area contributed by atoms with E-state index in [4.69, 9.17) is 4.18 Å². The Morgan fingerprint density at radius 1 is 1.24 bits per heavy atom. The Balaban J connectivity index is 2.63. The van der Waals surface area contributed by atoms with Crippen molar-refractivity contribution in [1.82, 2.24) is 0 Å². The van der Waals surface area contributed by atoms with Crippen molar-refractivity contribution in [3.05, 3.63) is 29.8 Å². The number of hydrogen-bond donors (Lipinski definition) is 0. The molecule has 0 bridgehead atoms. The van der Waals surface area contributed by atoms with Crippen molar-refractivity contribution in [3.8, 4) is 0 Å². The summed E-state index contributed by atoms with van der Waals surface area (Å²) in [7, 11) is -2.56. The second-order valence-electron chi connectivity index (χ2n) is 3.42. The van der Waals surface area contributed by atoms with Gasteiger partial charge < -0.3 is 4.74 Å². The maximum absolute atomic E-state index is 11.6. The Labute approximate surface area is 100 Å². The molecule has 0 unspecified atom stereocenters. The van der Waals surface area contributed by atoms with Crippen LogP contribution in [0, 0.1) is 6.92 Å². The van der Waals surface area contributed by atoms with E-state index < -0.39 is 16.1 Å². The largest absolute Gasteiger partial charge is 0.469 e. The van der Waals surface area contributed by atoms with E-state index in [1.165, 1.54) is 19.2 Å². The molecule has 0 aromatic heterocycles. The molecule has 0 N–H and O–H groups in total. The average molecular weight is 258 g/mol. The van der Waals surface area contributed by atoms with E-state index in [-0.39, 0.29) is 17.9 Å². The van der Waals surface area contributed by atoms with E-state index in [1.807, 2.05) is 6.92 Å². The van der Waals surface area contributed by atoms with Gasteiger partial charge in [0, 0.05) is 0 Å². The molecular weight excluding hydrogens is 244 g/mol. The lowest BCUT2D eigenvalue weighted by Gasteiger charge is -2.05. The number of esters is 1. The Hall–Kier alpha value is -1.40. The van der Waals surface area contributed by atoms with E-state index in [1.54, 1.807) is 12.1 Å². The number of carbonyl (C=O) groups excluding carboxylic acids is 1. The van der Waals surface area contributed by atoms with Crippen molar-refractivity contribution >= 4 is 16.1 Å². The van der Waals surface area contributed by atoms with Crippen LogP contribution >= 0.6 is 0 Å². The van der Waals surface area contributed by atoms with Gasteiger partial charge in [0.1, 0.15) is 0 Å². The van der Waals surface area contributed by atoms with Crippen molar-refractivity contribution < 1.29 is 22.1 Å². The fourth-order valence-corrected chi connectivity index (χ4v) is 2.02. The van der Waals surface area contributed by atoms with Crippen molar-refractivity contribution in [3.63, 3.8) is 0 Å². The summed E-state index contributed by atoms with van der Waals surface area (Å²) in [6.45, 7) is 1.64. The van der Waals surface area contributed by atoms with E-state index in [0.29, 0.717) is 0 Å². The van der Waals surface area contributed by atoms with E-state index in [9.17, 15) is 13.2 Å². The van der Waals surface area contributed by atoms with Gasteiger partial charge in [-0.25, -0.2) is 0 Å². The molecule has 0 aliphatic heterocycles. The van der Waals surface area contributed by atoms with Crippen molar-refractivity contribution in [1.29, 1.82) is 0 Å². The number of hydrogen-bond acceptors (Lipinski definition) is 5. The van der Waals surface area contributed by atoms with Gasteiger partial charge in [0.15, 0.2) is 0 Å². The third-order valence-corrected chi connectivity index (χ3v) is 3.41. The number of ether oxygens (including phenoxy) is 1. The van der Waals surface area contributed by atoms with Gasteiger partial charge in [-0.2, -0.15) is 8.42 Å². The number of carbonyl (C=O) groups is 1. The first kappa shape index (κ1) is 13.7. The molecule has 0 radical (unpaired) electrons. The molecule has 6 heteroatoms. The molecular formula is C11H14O5S. The molecule has 1 rings (SSSR count). The summed E-state index contributed by atoms with van der Waals surface area (Å²) in [4.78, 5) is 10.9. The van der Waals surface area contributed by atoms with Gasteiger partial charge in [0.25, 0.3) is 10.1 Å². The van der Waals surface area contributed by atoms with Gasteiger partial charge in [0.05, 0.1) is 25.0 Å². The molecule has 5 nitrogen and oxygen atoms in total. The maximum Gasteiger partial charge on any atom is 0.307 e.